The first-order valence-corrected chi connectivity index (χ1v) is 8.92. The largest absolute Gasteiger partial charge is 0.353 e. The molecule has 1 aliphatic rings. The van der Waals surface area contributed by atoms with Crippen LogP contribution < -0.4 is 4.90 Å². The normalized spacial score (nSPS) is 17.4. The maximum absolute atomic E-state index is 10.9. The first-order chi connectivity index (χ1) is 12.6. The lowest BCUT2D eigenvalue weighted by atomic mass is 10.0. The Labute approximate surface area is 151 Å². The van der Waals surface area contributed by atoms with Gasteiger partial charge in [-0.05, 0) is 50.5 Å². The average molecular weight is 348 g/mol. The van der Waals surface area contributed by atoms with Crippen molar-refractivity contribution in [3.8, 4) is 11.4 Å². The van der Waals surface area contributed by atoms with Crippen LogP contribution in [-0.4, -0.2) is 27.5 Å². The lowest BCUT2D eigenvalue weighted by Gasteiger charge is -2.35. The Balaban J connectivity index is 1.84. The second kappa shape index (κ2) is 6.71. The molecule has 0 spiro atoms. The molecule has 0 saturated carbocycles. The summed E-state index contributed by atoms with van der Waals surface area (Å²) < 4.78 is 0. The number of aromatic nitrogens is 2. The zero-order valence-electron chi connectivity index (χ0n) is 14.6. The Morgan fingerprint density at radius 2 is 1.85 bits per heavy atom. The Hall–Kier alpha value is -3.02. The van der Waals surface area contributed by atoms with Crippen molar-refractivity contribution in [2.45, 2.75) is 32.2 Å². The molecular formula is C20H20N4O2. The van der Waals surface area contributed by atoms with Crippen LogP contribution in [0.5, 0.6) is 0 Å². The smallest absolute Gasteiger partial charge is 0.269 e. The van der Waals surface area contributed by atoms with Crippen LogP contribution in [0.4, 0.5) is 11.5 Å². The van der Waals surface area contributed by atoms with Gasteiger partial charge in [0.2, 0.25) is 0 Å². The molecule has 1 saturated heterocycles. The van der Waals surface area contributed by atoms with Crippen LogP contribution >= 0.6 is 0 Å². The molecule has 3 aromatic rings. The maximum atomic E-state index is 10.9. The monoisotopic (exact) mass is 348 g/mol. The van der Waals surface area contributed by atoms with Gasteiger partial charge in [0.25, 0.3) is 5.69 Å². The summed E-state index contributed by atoms with van der Waals surface area (Å²) in [6, 6.07) is 14.9. The molecule has 26 heavy (non-hydrogen) atoms. The number of benzene rings is 2. The number of hydrogen-bond donors (Lipinski definition) is 0. The second-order valence-corrected chi connectivity index (χ2v) is 6.73. The zero-order chi connectivity index (χ0) is 18.1. The number of rotatable bonds is 3. The van der Waals surface area contributed by atoms with E-state index in [1.807, 2.05) is 18.2 Å². The van der Waals surface area contributed by atoms with Crippen molar-refractivity contribution in [1.82, 2.24) is 9.97 Å². The fraction of sp³-hybridized carbons (Fsp3) is 0.300. The van der Waals surface area contributed by atoms with Crippen LogP contribution in [-0.2, 0) is 0 Å². The molecule has 2 aromatic carbocycles. The molecule has 0 N–H and O–H groups in total. The number of piperidine rings is 1. The standard InChI is InChI=1S/C20H20N4O2/c1-14-6-4-5-13-23(14)20-17-7-2-3-8-18(17)21-19(22-20)15-9-11-16(12-10-15)24(25)26/h2-3,7-12,14H,4-6,13H2,1H3/t14-/m0/s1. The van der Waals surface area contributed by atoms with Gasteiger partial charge < -0.3 is 4.90 Å². The molecule has 132 valence electrons. The summed E-state index contributed by atoms with van der Waals surface area (Å²) in [6.07, 6.45) is 3.57. The Bertz CT molecular complexity index is 956. The van der Waals surface area contributed by atoms with E-state index in [0.29, 0.717) is 11.9 Å². The van der Waals surface area contributed by atoms with Gasteiger partial charge in [0.05, 0.1) is 10.4 Å². The van der Waals surface area contributed by atoms with E-state index in [0.717, 1.165) is 41.7 Å². The summed E-state index contributed by atoms with van der Waals surface area (Å²) in [4.78, 5) is 22.4. The summed E-state index contributed by atoms with van der Waals surface area (Å²) in [6.45, 7) is 3.23. The van der Waals surface area contributed by atoms with E-state index >= 15 is 0 Å². The van der Waals surface area contributed by atoms with Gasteiger partial charge in [0.15, 0.2) is 5.82 Å². The van der Waals surface area contributed by atoms with Crippen molar-refractivity contribution in [2.75, 3.05) is 11.4 Å². The highest BCUT2D eigenvalue weighted by Gasteiger charge is 2.23. The molecule has 4 rings (SSSR count). The van der Waals surface area contributed by atoms with Crippen LogP contribution in [0, 0.1) is 10.1 Å². The van der Waals surface area contributed by atoms with Gasteiger partial charge in [-0.25, -0.2) is 9.97 Å². The Morgan fingerprint density at radius 1 is 1.08 bits per heavy atom. The minimum absolute atomic E-state index is 0.0689. The maximum Gasteiger partial charge on any atom is 0.269 e. The zero-order valence-corrected chi connectivity index (χ0v) is 14.6. The highest BCUT2D eigenvalue weighted by molar-refractivity contribution is 5.91. The van der Waals surface area contributed by atoms with E-state index in [-0.39, 0.29) is 5.69 Å². The van der Waals surface area contributed by atoms with E-state index in [4.69, 9.17) is 9.97 Å². The molecule has 6 heteroatoms. The lowest BCUT2D eigenvalue weighted by molar-refractivity contribution is -0.384. The second-order valence-electron chi connectivity index (χ2n) is 6.73. The first kappa shape index (κ1) is 16.4. The lowest BCUT2D eigenvalue weighted by Crippen LogP contribution is -2.38. The molecule has 1 fully saturated rings. The van der Waals surface area contributed by atoms with E-state index in [1.54, 1.807) is 12.1 Å². The van der Waals surface area contributed by atoms with Gasteiger partial charge in [-0.15, -0.1) is 0 Å². The fourth-order valence-electron chi connectivity index (χ4n) is 3.55. The molecule has 6 nitrogen and oxygen atoms in total. The highest BCUT2D eigenvalue weighted by Crippen LogP contribution is 2.31. The molecule has 0 bridgehead atoms. The van der Waals surface area contributed by atoms with Crippen LogP contribution in [0.15, 0.2) is 48.5 Å². The van der Waals surface area contributed by atoms with E-state index in [2.05, 4.69) is 17.9 Å². The van der Waals surface area contributed by atoms with Crippen molar-refractivity contribution in [3.05, 3.63) is 58.6 Å². The van der Waals surface area contributed by atoms with Crippen LogP contribution in [0.25, 0.3) is 22.3 Å². The van der Waals surface area contributed by atoms with E-state index in [1.165, 1.54) is 18.6 Å². The van der Waals surface area contributed by atoms with Crippen molar-refractivity contribution >= 4 is 22.4 Å². The van der Waals surface area contributed by atoms with E-state index < -0.39 is 4.92 Å². The molecule has 0 amide bonds. The predicted octanol–water partition coefficient (Wildman–Crippen LogP) is 4.58. The topological polar surface area (TPSA) is 72.2 Å². The van der Waals surface area contributed by atoms with Crippen molar-refractivity contribution in [3.63, 3.8) is 0 Å². The van der Waals surface area contributed by atoms with Gasteiger partial charge in [0, 0.05) is 35.7 Å². The Morgan fingerprint density at radius 3 is 2.58 bits per heavy atom. The molecule has 2 heterocycles. The van der Waals surface area contributed by atoms with E-state index in [9.17, 15) is 10.1 Å². The van der Waals surface area contributed by atoms with Gasteiger partial charge in [-0.3, -0.25) is 10.1 Å². The van der Waals surface area contributed by atoms with Gasteiger partial charge in [-0.1, -0.05) is 12.1 Å². The van der Waals surface area contributed by atoms with Crippen molar-refractivity contribution in [2.24, 2.45) is 0 Å². The molecule has 1 atom stereocenters. The summed E-state index contributed by atoms with van der Waals surface area (Å²) in [5.41, 5.74) is 1.75. The number of anilines is 1. The number of non-ortho nitro benzene ring substituents is 1. The number of nitro groups is 1. The molecule has 1 aromatic heterocycles. The van der Waals surface area contributed by atoms with Gasteiger partial charge in [0.1, 0.15) is 5.82 Å². The number of nitrogens with zero attached hydrogens (tertiary/aromatic N) is 4. The van der Waals surface area contributed by atoms with Gasteiger partial charge >= 0.3 is 0 Å². The minimum atomic E-state index is -0.397. The third-order valence-electron chi connectivity index (χ3n) is 4.99. The number of nitro benzene ring substituents is 1. The quantitative estimate of drug-likeness (QED) is 0.511. The van der Waals surface area contributed by atoms with Crippen molar-refractivity contribution in [1.29, 1.82) is 0 Å². The van der Waals surface area contributed by atoms with Gasteiger partial charge in [-0.2, -0.15) is 0 Å². The highest BCUT2D eigenvalue weighted by atomic mass is 16.6. The number of para-hydroxylation sites is 1. The summed E-state index contributed by atoms with van der Waals surface area (Å²) in [7, 11) is 0. The fourth-order valence-corrected chi connectivity index (χ4v) is 3.55. The summed E-state index contributed by atoms with van der Waals surface area (Å²) >= 11 is 0. The first-order valence-electron chi connectivity index (χ1n) is 8.92. The third-order valence-corrected chi connectivity index (χ3v) is 4.99. The third kappa shape index (κ3) is 2.98. The molecule has 0 unspecified atom stereocenters. The summed E-state index contributed by atoms with van der Waals surface area (Å²) in [5.74, 6) is 1.56. The molecular weight excluding hydrogens is 328 g/mol. The Kier molecular flexibility index (Phi) is 4.24. The predicted molar refractivity (Wildman–Crippen MR) is 102 cm³/mol. The average Bonchev–Trinajstić information content (AvgIpc) is 2.68. The van der Waals surface area contributed by atoms with Crippen LogP contribution in [0.1, 0.15) is 26.2 Å². The summed E-state index contributed by atoms with van der Waals surface area (Å²) in [5, 5.41) is 11.9. The van der Waals surface area contributed by atoms with Crippen LogP contribution in [0.3, 0.4) is 0 Å². The minimum Gasteiger partial charge on any atom is -0.353 e. The van der Waals surface area contributed by atoms with Crippen molar-refractivity contribution < 1.29 is 4.92 Å². The number of hydrogen-bond acceptors (Lipinski definition) is 5. The SMILES string of the molecule is C[C@H]1CCCCN1c1nc(-c2ccc([N+](=O)[O-])cc2)nc2ccccc12. The molecule has 0 radical (unpaired) electrons. The van der Waals surface area contributed by atoms with Crippen LogP contribution in [0.2, 0.25) is 0 Å². The molecule has 1 aliphatic heterocycles. The number of fused-ring (bicyclic) bond motifs is 1. The molecule has 0 aliphatic carbocycles.